The van der Waals surface area contributed by atoms with Crippen molar-refractivity contribution in [3.63, 3.8) is 0 Å². The maximum absolute atomic E-state index is 12.7. The summed E-state index contributed by atoms with van der Waals surface area (Å²) in [5.41, 5.74) is 0.528. The van der Waals surface area contributed by atoms with Crippen LogP contribution in [0.2, 0.25) is 0 Å². The molecule has 1 saturated heterocycles. The molecule has 2 aliphatic rings. The molecule has 1 aromatic carbocycles. The molecule has 0 bridgehead atoms. The molecule has 3 rings (SSSR count). The Morgan fingerprint density at radius 1 is 1.19 bits per heavy atom. The predicted molar refractivity (Wildman–Crippen MR) is 100 cm³/mol. The molecule has 0 spiro atoms. The number of hydrogen-bond acceptors (Lipinski definition) is 5. The average Bonchev–Trinajstić information content (AvgIpc) is 2.67. The highest BCUT2D eigenvalue weighted by Gasteiger charge is 2.40. The van der Waals surface area contributed by atoms with Crippen LogP contribution in [-0.2, 0) is 9.53 Å². The van der Waals surface area contributed by atoms with Crippen molar-refractivity contribution in [2.75, 3.05) is 27.9 Å². The molecule has 4 atom stereocenters. The predicted octanol–water partition coefficient (Wildman–Crippen LogP) is 1.75. The second-order valence-corrected chi connectivity index (χ2v) is 7.31. The summed E-state index contributed by atoms with van der Waals surface area (Å²) in [4.78, 5) is 24.7. The summed E-state index contributed by atoms with van der Waals surface area (Å²) in [5, 5.41) is 6.20. The van der Waals surface area contributed by atoms with E-state index >= 15 is 0 Å². The number of carbonyl (C=O) groups excluding carboxylic acids is 2. The fourth-order valence-electron chi connectivity index (χ4n) is 4.35. The van der Waals surface area contributed by atoms with Crippen LogP contribution < -0.4 is 20.1 Å². The van der Waals surface area contributed by atoms with Gasteiger partial charge in [0.25, 0.3) is 5.91 Å². The fraction of sp³-hybridized carbons (Fsp3) is 0.600. The first-order valence-electron chi connectivity index (χ1n) is 9.37. The fourth-order valence-corrected chi connectivity index (χ4v) is 4.35. The quantitative estimate of drug-likeness (QED) is 0.790. The summed E-state index contributed by atoms with van der Waals surface area (Å²) in [6.07, 6.45) is 3.14. The van der Waals surface area contributed by atoms with Gasteiger partial charge in [0, 0.05) is 37.8 Å². The van der Waals surface area contributed by atoms with Crippen molar-refractivity contribution >= 4 is 11.8 Å². The largest absolute Gasteiger partial charge is 0.493 e. The highest BCUT2D eigenvalue weighted by molar-refractivity contribution is 5.95. The number of benzene rings is 1. The Morgan fingerprint density at radius 3 is 2.67 bits per heavy atom. The van der Waals surface area contributed by atoms with Crippen LogP contribution in [0.3, 0.4) is 0 Å². The molecule has 1 aliphatic heterocycles. The van der Waals surface area contributed by atoms with Crippen molar-refractivity contribution in [3.8, 4) is 11.5 Å². The molecular formula is C20H28N2O5. The van der Waals surface area contributed by atoms with Crippen molar-refractivity contribution in [1.29, 1.82) is 0 Å². The molecule has 7 nitrogen and oxygen atoms in total. The van der Waals surface area contributed by atoms with Crippen LogP contribution in [0.4, 0.5) is 0 Å². The van der Waals surface area contributed by atoms with Crippen LogP contribution in [0.25, 0.3) is 0 Å². The molecule has 2 fully saturated rings. The molecule has 2 N–H and O–H groups in total. The van der Waals surface area contributed by atoms with E-state index in [0.29, 0.717) is 36.0 Å². The molecule has 0 aromatic heterocycles. The zero-order valence-electron chi connectivity index (χ0n) is 16.1. The summed E-state index contributed by atoms with van der Waals surface area (Å²) >= 11 is 0. The third kappa shape index (κ3) is 4.35. The maximum atomic E-state index is 12.7. The van der Waals surface area contributed by atoms with Crippen LogP contribution in [0.5, 0.6) is 11.5 Å². The van der Waals surface area contributed by atoms with E-state index in [0.717, 1.165) is 19.3 Å². The van der Waals surface area contributed by atoms with Crippen LogP contribution in [0, 0.1) is 11.8 Å². The van der Waals surface area contributed by atoms with Gasteiger partial charge in [0.05, 0.1) is 14.2 Å². The van der Waals surface area contributed by atoms with Gasteiger partial charge in [-0.15, -0.1) is 0 Å². The first-order valence-corrected chi connectivity index (χ1v) is 9.37. The third-order valence-corrected chi connectivity index (χ3v) is 5.66. The highest BCUT2D eigenvalue weighted by atomic mass is 16.5. The smallest absolute Gasteiger partial charge is 0.251 e. The van der Waals surface area contributed by atoms with E-state index in [-0.39, 0.29) is 29.8 Å². The van der Waals surface area contributed by atoms with Gasteiger partial charge in [0.1, 0.15) is 0 Å². The maximum Gasteiger partial charge on any atom is 0.251 e. The first-order chi connectivity index (χ1) is 13.0. The molecule has 1 heterocycles. The van der Waals surface area contributed by atoms with Crippen molar-refractivity contribution in [2.24, 2.45) is 11.8 Å². The van der Waals surface area contributed by atoms with E-state index < -0.39 is 0 Å². The number of nitrogens with one attached hydrogen (secondary N) is 2. The van der Waals surface area contributed by atoms with Crippen molar-refractivity contribution < 1.29 is 23.8 Å². The monoisotopic (exact) mass is 376 g/mol. The normalized spacial score (nSPS) is 27.3. The van der Waals surface area contributed by atoms with Gasteiger partial charge >= 0.3 is 0 Å². The number of fused-ring (bicyclic) bond motifs is 1. The highest BCUT2D eigenvalue weighted by Crippen LogP contribution is 2.36. The number of methoxy groups -OCH3 is 3. The van der Waals surface area contributed by atoms with Crippen LogP contribution >= 0.6 is 0 Å². The summed E-state index contributed by atoms with van der Waals surface area (Å²) in [6.45, 7) is 0.608. The summed E-state index contributed by atoms with van der Waals surface area (Å²) in [7, 11) is 4.78. The number of ether oxygens (including phenoxy) is 3. The summed E-state index contributed by atoms with van der Waals surface area (Å²) in [6, 6.07) is 5.25. The van der Waals surface area contributed by atoms with Crippen LogP contribution in [0.1, 0.15) is 36.0 Å². The Balaban J connectivity index is 1.64. The molecule has 1 aromatic rings. The summed E-state index contributed by atoms with van der Waals surface area (Å²) < 4.78 is 15.8. The van der Waals surface area contributed by atoms with Gasteiger partial charge in [-0.25, -0.2) is 0 Å². The first kappa shape index (κ1) is 19.5. The minimum Gasteiger partial charge on any atom is -0.493 e. The molecule has 4 unspecified atom stereocenters. The molecule has 1 saturated carbocycles. The Hall–Kier alpha value is -2.28. The minimum absolute atomic E-state index is 0.0356. The van der Waals surface area contributed by atoms with Gasteiger partial charge in [-0.05, 0) is 49.3 Å². The van der Waals surface area contributed by atoms with E-state index in [4.69, 9.17) is 14.2 Å². The zero-order chi connectivity index (χ0) is 19.4. The molecule has 1 aliphatic carbocycles. The summed E-state index contributed by atoms with van der Waals surface area (Å²) in [5.74, 6) is 1.72. The Morgan fingerprint density at radius 2 is 1.96 bits per heavy atom. The lowest BCUT2D eigenvalue weighted by molar-refractivity contribution is -0.128. The minimum atomic E-state index is -0.144. The van der Waals surface area contributed by atoms with E-state index in [1.165, 1.54) is 0 Å². The van der Waals surface area contributed by atoms with Gasteiger partial charge in [-0.2, -0.15) is 0 Å². The van der Waals surface area contributed by atoms with E-state index in [1.54, 1.807) is 39.5 Å². The van der Waals surface area contributed by atoms with Gasteiger partial charge in [-0.1, -0.05) is 0 Å². The van der Waals surface area contributed by atoms with Crippen molar-refractivity contribution in [2.45, 2.75) is 37.8 Å². The Labute approximate surface area is 159 Å². The van der Waals surface area contributed by atoms with Crippen LogP contribution in [0.15, 0.2) is 18.2 Å². The van der Waals surface area contributed by atoms with E-state index in [1.807, 2.05) is 0 Å². The van der Waals surface area contributed by atoms with Gasteiger partial charge in [-0.3, -0.25) is 9.59 Å². The third-order valence-electron chi connectivity index (χ3n) is 5.66. The second kappa shape index (κ2) is 8.61. The molecule has 2 amide bonds. The number of amides is 2. The van der Waals surface area contributed by atoms with Crippen molar-refractivity contribution in [3.05, 3.63) is 23.8 Å². The molecule has 7 heteroatoms. The molecular weight excluding hydrogens is 348 g/mol. The van der Waals surface area contributed by atoms with Crippen LogP contribution in [-0.4, -0.2) is 51.8 Å². The topological polar surface area (TPSA) is 85.9 Å². The molecule has 148 valence electrons. The molecule has 27 heavy (non-hydrogen) atoms. The number of carbonyl (C=O) groups is 2. The lowest BCUT2D eigenvalue weighted by Gasteiger charge is -2.43. The zero-order valence-corrected chi connectivity index (χ0v) is 16.1. The standard InChI is InChI=1S/C20H28N2O5/c1-25-11-13-9-19(23)22-16-10-14(5-6-15(13)16)21-20(24)12-4-7-17(26-2)18(8-12)27-3/h4,7-8,13-16H,5-6,9-11H2,1-3H3,(H,21,24)(H,22,23). The van der Waals surface area contributed by atoms with Gasteiger partial charge in [0.15, 0.2) is 11.5 Å². The molecule has 0 radical (unpaired) electrons. The van der Waals surface area contributed by atoms with E-state index in [2.05, 4.69) is 10.6 Å². The Kier molecular flexibility index (Phi) is 6.21. The van der Waals surface area contributed by atoms with Gasteiger partial charge < -0.3 is 24.8 Å². The number of hydrogen-bond donors (Lipinski definition) is 2. The Bertz CT molecular complexity index is 693. The number of rotatable bonds is 6. The van der Waals surface area contributed by atoms with Gasteiger partial charge in [0.2, 0.25) is 5.91 Å². The lowest BCUT2D eigenvalue weighted by Crippen LogP contribution is -2.56. The SMILES string of the molecule is COCC1CC(=O)NC2CC(NC(=O)c3ccc(OC)c(OC)c3)CCC12. The lowest BCUT2D eigenvalue weighted by atomic mass is 9.71. The second-order valence-electron chi connectivity index (χ2n) is 7.31. The van der Waals surface area contributed by atoms with Crippen molar-refractivity contribution in [1.82, 2.24) is 10.6 Å². The van der Waals surface area contributed by atoms with E-state index in [9.17, 15) is 9.59 Å². The average molecular weight is 376 g/mol. The number of piperidine rings is 1.